The van der Waals surface area contributed by atoms with E-state index in [-0.39, 0.29) is 23.1 Å². The van der Waals surface area contributed by atoms with Crippen LogP contribution in [0.15, 0.2) is 54.6 Å². The largest absolute Gasteiger partial charge is 0.356 e. The molecule has 1 heterocycles. The van der Waals surface area contributed by atoms with Gasteiger partial charge in [-0.3, -0.25) is 9.59 Å². The van der Waals surface area contributed by atoms with Gasteiger partial charge in [0.2, 0.25) is 11.8 Å². The number of rotatable bonds is 7. The number of hydrogen-bond donors (Lipinski definition) is 1. The molecule has 0 aromatic heterocycles. The second-order valence-electron chi connectivity index (χ2n) is 8.98. The van der Waals surface area contributed by atoms with Crippen molar-refractivity contribution in [3.05, 3.63) is 71.3 Å². The van der Waals surface area contributed by atoms with Crippen LogP contribution in [0.25, 0.3) is 0 Å². The molecule has 1 aliphatic carbocycles. The summed E-state index contributed by atoms with van der Waals surface area (Å²) < 4.78 is 0. The van der Waals surface area contributed by atoms with Gasteiger partial charge < -0.3 is 10.2 Å². The van der Waals surface area contributed by atoms with E-state index in [1.807, 2.05) is 29.2 Å². The minimum Gasteiger partial charge on any atom is -0.356 e. The van der Waals surface area contributed by atoms with Crippen molar-refractivity contribution < 1.29 is 9.59 Å². The Balaban J connectivity index is 1.18. The van der Waals surface area contributed by atoms with E-state index in [4.69, 9.17) is 0 Å². The molecule has 1 spiro atoms. The van der Waals surface area contributed by atoms with Crippen LogP contribution >= 0.6 is 0 Å². The van der Waals surface area contributed by atoms with Crippen LogP contribution in [-0.4, -0.2) is 36.3 Å². The van der Waals surface area contributed by atoms with E-state index in [0.717, 1.165) is 57.3 Å². The lowest BCUT2D eigenvalue weighted by Gasteiger charge is -2.33. The molecule has 1 aliphatic heterocycles. The Morgan fingerprint density at radius 2 is 1.73 bits per heavy atom. The number of benzene rings is 2. The van der Waals surface area contributed by atoms with Gasteiger partial charge in [0, 0.05) is 25.6 Å². The van der Waals surface area contributed by atoms with Gasteiger partial charge in [-0.15, -0.1) is 0 Å². The molecule has 2 aromatic carbocycles. The molecule has 0 bridgehead atoms. The highest BCUT2D eigenvalue weighted by atomic mass is 16.2. The predicted octanol–water partition coefficient (Wildman–Crippen LogP) is 3.92. The summed E-state index contributed by atoms with van der Waals surface area (Å²) in [6, 6.07) is 18.5. The monoisotopic (exact) mass is 404 g/mol. The fourth-order valence-electron chi connectivity index (χ4n) is 4.83. The van der Waals surface area contributed by atoms with Gasteiger partial charge in [0.05, 0.1) is 6.42 Å². The second-order valence-corrected chi connectivity index (χ2v) is 8.98. The summed E-state index contributed by atoms with van der Waals surface area (Å²) in [5.74, 6) is 0.562. The SMILES string of the molecule is Cc1ccccc1CC(=O)N1CCC2(CC1)C[C@@H]2C(=O)NCCCc1ccccc1. The summed E-state index contributed by atoms with van der Waals surface area (Å²) >= 11 is 0. The molecular formula is C26H32N2O2. The molecule has 0 unspecified atom stereocenters. The molecule has 1 atom stereocenters. The molecule has 2 aliphatic rings. The number of aryl methyl sites for hydroxylation is 2. The topological polar surface area (TPSA) is 49.4 Å². The summed E-state index contributed by atoms with van der Waals surface area (Å²) in [5, 5.41) is 3.14. The highest BCUT2D eigenvalue weighted by Crippen LogP contribution is 2.59. The highest BCUT2D eigenvalue weighted by Gasteiger charge is 2.58. The Morgan fingerprint density at radius 3 is 2.47 bits per heavy atom. The van der Waals surface area contributed by atoms with Crippen LogP contribution < -0.4 is 5.32 Å². The number of amides is 2. The number of nitrogens with zero attached hydrogens (tertiary/aromatic N) is 1. The molecule has 1 saturated carbocycles. The molecule has 0 radical (unpaired) electrons. The number of piperidine rings is 1. The van der Waals surface area contributed by atoms with Crippen molar-refractivity contribution in [1.29, 1.82) is 0 Å². The normalized spacial score (nSPS) is 19.5. The molecule has 4 rings (SSSR count). The van der Waals surface area contributed by atoms with Gasteiger partial charge in [-0.25, -0.2) is 0 Å². The molecule has 158 valence electrons. The van der Waals surface area contributed by atoms with E-state index >= 15 is 0 Å². The Kier molecular flexibility index (Phi) is 6.21. The average Bonchev–Trinajstić information content (AvgIpc) is 3.47. The van der Waals surface area contributed by atoms with Crippen LogP contribution in [0.5, 0.6) is 0 Å². The fourth-order valence-corrected chi connectivity index (χ4v) is 4.83. The van der Waals surface area contributed by atoms with Gasteiger partial charge in [-0.1, -0.05) is 54.6 Å². The van der Waals surface area contributed by atoms with Crippen LogP contribution in [0, 0.1) is 18.3 Å². The number of carbonyl (C=O) groups is 2. The maximum absolute atomic E-state index is 12.7. The Hall–Kier alpha value is -2.62. The maximum atomic E-state index is 12.7. The van der Waals surface area contributed by atoms with E-state index in [9.17, 15) is 9.59 Å². The first-order valence-corrected chi connectivity index (χ1v) is 11.2. The lowest BCUT2D eigenvalue weighted by Crippen LogP contribution is -2.41. The zero-order chi connectivity index (χ0) is 21.0. The third-order valence-corrected chi connectivity index (χ3v) is 7.01. The van der Waals surface area contributed by atoms with Crippen molar-refractivity contribution in [2.24, 2.45) is 11.3 Å². The van der Waals surface area contributed by atoms with Crippen molar-refractivity contribution in [2.45, 2.75) is 45.4 Å². The molecule has 4 nitrogen and oxygen atoms in total. The number of carbonyl (C=O) groups excluding carboxylic acids is 2. The lowest BCUT2D eigenvalue weighted by molar-refractivity contribution is -0.132. The van der Waals surface area contributed by atoms with Crippen molar-refractivity contribution in [3.63, 3.8) is 0 Å². The van der Waals surface area contributed by atoms with Crippen LogP contribution in [0.3, 0.4) is 0 Å². The Bertz CT molecular complexity index is 885. The van der Waals surface area contributed by atoms with E-state index in [1.54, 1.807) is 0 Å². The standard InChI is InChI=1S/C26H32N2O2/c1-20-8-5-6-12-22(20)18-24(29)28-16-13-26(14-17-28)19-23(26)25(30)27-15-7-11-21-9-3-2-4-10-21/h2-6,8-10,12,23H,7,11,13-19H2,1H3,(H,27,30)/t23-/m1/s1. The van der Waals surface area contributed by atoms with Crippen molar-refractivity contribution in [2.75, 3.05) is 19.6 Å². The van der Waals surface area contributed by atoms with Gasteiger partial charge >= 0.3 is 0 Å². The second kappa shape index (κ2) is 9.03. The highest BCUT2D eigenvalue weighted by molar-refractivity contribution is 5.83. The first kappa shape index (κ1) is 20.6. The predicted molar refractivity (Wildman–Crippen MR) is 119 cm³/mol. The Labute approximate surface area is 179 Å². The summed E-state index contributed by atoms with van der Waals surface area (Å²) in [5.41, 5.74) is 3.74. The maximum Gasteiger partial charge on any atom is 0.226 e. The zero-order valence-electron chi connectivity index (χ0n) is 17.9. The third kappa shape index (κ3) is 4.75. The molecule has 1 saturated heterocycles. The van der Waals surface area contributed by atoms with E-state index in [2.05, 4.69) is 42.6 Å². The van der Waals surface area contributed by atoms with E-state index in [0.29, 0.717) is 6.42 Å². The minimum absolute atomic E-state index is 0.142. The van der Waals surface area contributed by atoms with Gasteiger partial charge in [-0.05, 0) is 61.1 Å². The number of hydrogen-bond acceptors (Lipinski definition) is 2. The third-order valence-electron chi connectivity index (χ3n) is 7.01. The summed E-state index contributed by atoms with van der Waals surface area (Å²) in [6.45, 7) is 4.35. The van der Waals surface area contributed by atoms with Crippen LogP contribution in [0.2, 0.25) is 0 Å². The molecule has 2 aromatic rings. The van der Waals surface area contributed by atoms with Crippen molar-refractivity contribution >= 4 is 11.8 Å². The smallest absolute Gasteiger partial charge is 0.226 e. The molecule has 30 heavy (non-hydrogen) atoms. The molecular weight excluding hydrogens is 372 g/mol. The van der Waals surface area contributed by atoms with Crippen LogP contribution in [0.4, 0.5) is 0 Å². The summed E-state index contributed by atoms with van der Waals surface area (Å²) in [4.78, 5) is 27.3. The van der Waals surface area contributed by atoms with Gasteiger partial charge in [0.25, 0.3) is 0 Å². The first-order valence-electron chi connectivity index (χ1n) is 11.2. The minimum atomic E-state index is 0.142. The molecule has 2 amide bonds. The zero-order valence-corrected chi connectivity index (χ0v) is 17.9. The van der Waals surface area contributed by atoms with Gasteiger partial charge in [0.15, 0.2) is 0 Å². The Morgan fingerprint density at radius 1 is 1.03 bits per heavy atom. The lowest BCUT2D eigenvalue weighted by atomic mass is 9.90. The summed E-state index contributed by atoms with van der Waals surface area (Å²) in [7, 11) is 0. The van der Waals surface area contributed by atoms with Crippen molar-refractivity contribution in [3.8, 4) is 0 Å². The average molecular weight is 405 g/mol. The molecule has 1 N–H and O–H groups in total. The number of likely N-dealkylation sites (tertiary alicyclic amines) is 1. The molecule has 2 fully saturated rings. The van der Waals surface area contributed by atoms with E-state index < -0.39 is 0 Å². The van der Waals surface area contributed by atoms with Crippen LogP contribution in [-0.2, 0) is 22.4 Å². The first-order chi connectivity index (χ1) is 14.6. The fraction of sp³-hybridized carbons (Fsp3) is 0.462. The van der Waals surface area contributed by atoms with Crippen molar-refractivity contribution in [1.82, 2.24) is 10.2 Å². The molecule has 4 heteroatoms. The van der Waals surface area contributed by atoms with Gasteiger partial charge in [0.1, 0.15) is 0 Å². The summed E-state index contributed by atoms with van der Waals surface area (Å²) in [6.07, 6.45) is 5.33. The van der Waals surface area contributed by atoms with Gasteiger partial charge in [-0.2, -0.15) is 0 Å². The quantitative estimate of drug-likeness (QED) is 0.711. The van der Waals surface area contributed by atoms with Crippen LogP contribution in [0.1, 0.15) is 42.4 Å². The van der Waals surface area contributed by atoms with E-state index in [1.165, 1.54) is 11.1 Å². The number of nitrogens with one attached hydrogen (secondary N) is 1.